The van der Waals surface area contributed by atoms with Crippen LogP contribution in [0.4, 0.5) is 5.69 Å². The Morgan fingerprint density at radius 1 is 0.962 bits per heavy atom. The minimum atomic E-state index is -0.176. The van der Waals surface area contributed by atoms with Crippen molar-refractivity contribution in [2.75, 3.05) is 12.4 Å². The number of carbonyl (C=O) groups excluding carboxylic acids is 1. The fourth-order valence-corrected chi connectivity index (χ4v) is 2.66. The van der Waals surface area contributed by atoms with E-state index < -0.39 is 0 Å². The largest absolute Gasteiger partial charge is 0.497 e. The summed E-state index contributed by atoms with van der Waals surface area (Å²) in [5, 5.41) is 2.92. The SMILES string of the molecule is COc1ccc(-c2cncc(C(=O)Nc3ccc(C(C)C)cc3)c2)cc1. The first-order valence-electron chi connectivity index (χ1n) is 8.57. The molecule has 1 heterocycles. The van der Waals surface area contributed by atoms with Crippen LogP contribution in [0.25, 0.3) is 11.1 Å². The third-order valence-corrected chi connectivity index (χ3v) is 4.26. The molecule has 1 aromatic heterocycles. The Hall–Kier alpha value is -3.14. The number of carbonyl (C=O) groups is 1. The summed E-state index contributed by atoms with van der Waals surface area (Å²) in [6.45, 7) is 4.29. The van der Waals surface area contributed by atoms with Crippen LogP contribution in [-0.4, -0.2) is 18.0 Å². The fraction of sp³-hybridized carbons (Fsp3) is 0.182. The molecule has 1 amide bonds. The van der Waals surface area contributed by atoms with Crippen molar-refractivity contribution >= 4 is 11.6 Å². The van der Waals surface area contributed by atoms with E-state index in [2.05, 4.69) is 24.1 Å². The average molecular weight is 346 g/mol. The topological polar surface area (TPSA) is 51.2 Å². The standard InChI is InChI=1S/C22H22N2O2/c1-15(2)16-4-8-20(9-5-16)24-22(25)19-12-18(13-23-14-19)17-6-10-21(26-3)11-7-17/h4-15H,1-3H3,(H,24,25). The van der Waals surface area contributed by atoms with E-state index in [1.165, 1.54) is 5.56 Å². The van der Waals surface area contributed by atoms with Crippen LogP contribution in [0.3, 0.4) is 0 Å². The van der Waals surface area contributed by atoms with Crippen LogP contribution in [0.1, 0.15) is 35.7 Å². The maximum Gasteiger partial charge on any atom is 0.257 e. The van der Waals surface area contributed by atoms with Crippen LogP contribution in [0.2, 0.25) is 0 Å². The molecule has 0 saturated heterocycles. The smallest absolute Gasteiger partial charge is 0.257 e. The van der Waals surface area contributed by atoms with Crippen molar-refractivity contribution in [1.82, 2.24) is 4.98 Å². The van der Waals surface area contributed by atoms with Crippen LogP contribution in [-0.2, 0) is 0 Å². The number of nitrogens with one attached hydrogen (secondary N) is 1. The summed E-state index contributed by atoms with van der Waals surface area (Å²) in [5.74, 6) is 1.08. The number of ether oxygens (including phenoxy) is 1. The third kappa shape index (κ3) is 4.09. The molecule has 26 heavy (non-hydrogen) atoms. The quantitative estimate of drug-likeness (QED) is 0.696. The van der Waals surface area contributed by atoms with Crippen LogP contribution >= 0.6 is 0 Å². The van der Waals surface area contributed by atoms with Crippen molar-refractivity contribution in [2.45, 2.75) is 19.8 Å². The van der Waals surface area contributed by atoms with Gasteiger partial charge in [0.05, 0.1) is 12.7 Å². The highest BCUT2D eigenvalue weighted by Crippen LogP contribution is 2.23. The summed E-state index contributed by atoms with van der Waals surface area (Å²) in [5.41, 5.74) is 4.40. The summed E-state index contributed by atoms with van der Waals surface area (Å²) in [7, 11) is 1.63. The maximum absolute atomic E-state index is 12.5. The van der Waals surface area contributed by atoms with E-state index in [1.807, 2.05) is 54.6 Å². The summed E-state index contributed by atoms with van der Waals surface area (Å²) >= 11 is 0. The second-order valence-corrected chi connectivity index (χ2v) is 6.42. The van der Waals surface area contributed by atoms with E-state index in [0.717, 1.165) is 22.6 Å². The highest BCUT2D eigenvalue weighted by Gasteiger charge is 2.09. The van der Waals surface area contributed by atoms with Gasteiger partial charge in [-0.15, -0.1) is 0 Å². The van der Waals surface area contributed by atoms with Crippen molar-refractivity contribution in [3.8, 4) is 16.9 Å². The van der Waals surface area contributed by atoms with Crippen molar-refractivity contribution in [3.05, 3.63) is 78.1 Å². The molecule has 4 nitrogen and oxygen atoms in total. The number of nitrogens with zero attached hydrogens (tertiary/aromatic N) is 1. The molecule has 132 valence electrons. The number of rotatable bonds is 5. The Morgan fingerprint density at radius 3 is 2.27 bits per heavy atom. The lowest BCUT2D eigenvalue weighted by Crippen LogP contribution is -2.12. The second-order valence-electron chi connectivity index (χ2n) is 6.42. The number of hydrogen-bond donors (Lipinski definition) is 1. The van der Waals surface area contributed by atoms with E-state index in [9.17, 15) is 4.79 Å². The number of methoxy groups -OCH3 is 1. The van der Waals surface area contributed by atoms with Gasteiger partial charge in [0, 0.05) is 23.6 Å². The molecule has 0 aliphatic rings. The van der Waals surface area contributed by atoms with Crippen LogP contribution in [0.15, 0.2) is 67.0 Å². The Morgan fingerprint density at radius 2 is 1.65 bits per heavy atom. The summed E-state index contributed by atoms with van der Waals surface area (Å²) in [6, 6.07) is 17.4. The van der Waals surface area contributed by atoms with Gasteiger partial charge in [-0.3, -0.25) is 9.78 Å². The van der Waals surface area contributed by atoms with E-state index in [0.29, 0.717) is 11.5 Å². The lowest BCUT2D eigenvalue weighted by atomic mass is 10.0. The molecular weight excluding hydrogens is 324 g/mol. The molecular formula is C22H22N2O2. The van der Waals surface area contributed by atoms with Gasteiger partial charge in [-0.25, -0.2) is 0 Å². The first-order valence-corrected chi connectivity index (χ1v) is 8.57. The normalized spacial score (nSPS) is 10.6. The van der Waals surface area contributed by atoms with E-state index >= 15 is 0 Å². The summed E-state index contributed by atoms with van der Waals surface area (Å²) in [6.07, 6.45) is 3.32. The Kier molecular flexibility index (Phi) is 5.32. The minimum Gasteiger partial charge on any atom is -0.497 e. The van der Waals surface area contributed by atoms with Crippen LogP contribution in [0, 0.1) is 0 Å². The number of benzene rings is 2. The van der Waals surface area contributed by atoms with Gasteiger partial charge in [0.25, 0.3) is 5.91 Å². The summed E-state index contributed by atoms with van der Waals surface area (Å²) < 4.78 is 5.18. The monoisotopic (exact) mass is 346 g/mol. The van der Waals surface area contributed by atoms with Crippen molar-refractivity contribution in [1.29, 1.82) is 0 Å². The number of hydrogen-bond acceptors (Lipinski definition) is 3. The van der Waals surface area contributed by atoms with Crippen molar-refractivity contribution in [3.63, 3.8) is 0 Å². The number of amides is 1. The average Bonchev–Trinajstić information content (AvgIpc) is 2.68. The molecule has 0 spiro atoms. The molecule has 3 rings (SSSR count). The van der Waals surface area contributed by atoms with Crippen molar-refractivity contribution in [2.24, 2.45) is 0 Å². The van der Waals surface area contributed by atoms with Gasteiger partial charge in [0.1, 0.15) is 5.75 Å². The highest BCUT2D eigenvalue weighted by molar-refractivity contribution is 6.04. The van der Waals surface area contributed by atoms with E-state index in [4.69, 9.17) is 4.74 Å². The molecule has 0 atom stereocenters. The maximum atomic E-state index is 12.5. The van der Waals surface area contributed by atoms with Gasteiger partial charge in [-0.1, -0.05) is 38.1 Å². The second kappa shape index (κ2) is 7.83. The molecule has 0 aliphatic heterocycles. The lowest BCUT2D eigenvalue weighted by Gasteiger charge is -2.09. The molecule has 0 radical (unpaired) electrons. The first-order chi connectivity index (χ1) is 12.6. The fourth-order valence-electron chi connectivity index (χ4n) is 2.66. The number of anilines is 1. The van der Waals surface area contributed by atoms with Gasteiger partial charge < -0.3 is 10.1 Å². The molecule has 0 unspecified atom stereocenters. The van der Waals surface area contributed by atoms with Gasteiger partial charge >= 0.3 is 0 Å². The Bertz CT molecular complexity index is 885. The molecule has 3 aromatic rings. The van der Waals surface area contributed by atoms with Crippen LogP contribution < -0.4 is 10.1 Å². The molecule has 0 bridgehead atoms. The zero-order valence-electron chi connectivity index (χ0n) is 15.2. The molecule has 0 saturated carbocycles. The third-order valence-electron chi connectivity index (χ3n) is 4.26. The predicted molar refractivity (Wildman–Crippen MR) is 105 cm³/mol. The zero-order valence-corrected chi connectivity index (χ0v) is 15.2. The van der Waals surface area contributed by atoms with Crippen molar-refractivity contribution < 1.29 is 9.53 Å². The van der Waals surface area contributed by atoms with Gasteiger partial charge in [-0.2, -0.15) is 0 Å². The Labute approximate surface area is 153 Å². The van der Waals surface area contributed by atoms with Crippen LogP contribution in [0.5, 0.6) is 5.75 Å². The molecule has 0 fully saturated rings. The predicted octanol–water partition coefficient (Wildman–Crippen LogP) is 5.13. The molecule has 2 aromatic carbocycles. The van der Waals surface area contributed by atoms with Gasteiger partial charge in [0.2, 0.25) is 0 Å². The zero-order chi connectivity index (χ0) is 18.5. The van der Waals surface area contributed by atoms with Gasteiger partial charge in [-0.05, 0) is 47.4 Å². The number of pyridine rings is 1. The molecule has 0 aliphatic carbocycles. The first kappa shape index (κ1) is 17.7. The van der Waals surface area contributed by atoms with E-state index in [-0.39, 0.29) is 5.91 Å². The number of aromatic nitrogens is 1. The van der Waals surface area contributed by atoms with Gasteiger partial charge in [0.15, 0.2) is 0 Å². The molecule has 1 N–H and O–H groups in total. The minimum absolute atomic E-state index is 0.176. The lowest BCUT2D eigenvalue weighted by molar-refractivity contribution is 0.102. The Balaban J connectivity index is 1.77. The highest BCUT2D eigenvalue weighted by atomic mass is 16.5. The summed E-state index contributed by atoms with van der Waals surface area (Å²) in [4.78, 5) is 16.8. The molecule has 4 heteroatoms. The van der Waals surface area contributed by atoms with E-state index in [1.54, 1.807) is 19.5 Å².